The van der Waals surface area contributed by atoms with Crippen molar-refractivity contribution in [3.8, 4) is 5.88 Å². The normalized spacial score (nSPS) is 12.4. The summed E-state index contributed by atoms with van der Waals surface area (Å²) in [5, 5.41) is 7.89. The van der Waals surface area contributed by atoms with E-state index in [0.717, 1.165) is 25.0 Å². The lowest BCUT2D eigenvalue weighted by atomic mass is 10.0. The third-order valence-electron chi connectivity index (χ3n) is 3.74. The van der Waals surface area contributed by atoms with Crippen molar-refractivity contribution < 1.29 is 4.74 Å². The fourth-order valence-corrected chi connectivity index (χ4v) is 2.40. The molecule has 2 heterocycles. The standard InChI is InChI=1S/C16H24N4O/c1-5-13-9-15(20(3)19-13)10-14(17-2)8-12-6-7-16(21-4)18-11-12/h6-7,9,11,14,17H,5,8,10H2,1-4H3. The number of hydrogen-bond donors (Lipinski definition) is 1. The fraction of sp³-hybridized carbons (Fsp3) is 0.500. The molecule has 0 aliphatic rings. The minimum absolute atomic E-state index is 0.361. The number of pyridine rings is 1. The van der Waals surface area contributed by atoms with Gasteiger partial charge in [0.15, 0.2) is 0 Å². The van der Waals surface area contributed by atoms with Crippen LogP contribution in [0.1, 0.15) is 23.9 Å². The van der Waals surface area contributed by atoms with E-state index in [1.54, 1.807) is 7.11 Å². The molecule has 0 aliphatic heterocycles. The first kappa shape index (κ1) is 15.5. The van der Waals surface area contributed by atoms with Crippen LogP contribution < -0.4 is 10.1 Å². The monoisotopic (exact) mass is 288 g/mol. The average Bonchev–Trinajstić information content (AvgIpc) is 2.87. The van der Waals surface area contributed by atoms with Gasteiger partial charge in [-0.1, -0.05) is 13.0 Å². The first-order valence-corrected chi connectivity index (χ1v) is 7.34. The van der Waals surface area contributed by atoms with Gasteiger partial charge in [0.2, 0.25) is 5.88 Å². The predicted molar refractivity (Wildman–Crippen MR) is 83.6 cm³/mol. The molecule has 0 amide bonds. The minimum atomic E-state index is 0.361. The van der Waals surface area contributed by atoms with Gasteiger partial charge in [0.05, 0.1) is 12.8 Å². The quantitative estimate of drug-likeness (QED) is 0.843. The number of methoxy groups -OCH3 is 1. The van der Waals surface area contributed by atoms with Crippen LogP contribution in [0, 0.1) is 0 Å². The highest BCUT2D eigenvalue weighted by molar-refractivity contribution is 5.19. The molecule has 0 aliphatic carbocycles. The maximum Gasteiger partial charge on any atom is 0.212 e. The zero-order chi connectivity index (χ0) is 15.2. The van der Waals surface area contributed by atoms with E-state index in [2.05, 4.69) is 34.5 Å². The van der Waals surface area contributed by atoms with E-state index in [4.69, 9.17) is 4.74 Å². The number of likely N-dealkylation sites (N-methyl/N-ethyl adjacent to an activating group) is 1. The molecule has 1 atom stereocenters. The second-order valence-corrected chi connectivity index (χ2v) is 5.21. The van der Waals surface area contributed by atoms with Crippen LogP contribution in [0.2, 0.25) is 0 Å². The van der Waals surface area contributed by atoms with Gasteiger partial charge in [-0.15, -0.1) is 0 Å². The van der Waals surface area contributed by atoms with Gasteiger partial charge in [-0.05, 0) is 31.5 Å². The van der Waals surface area contributed by atoms with Gasteiger partial charge in [-0.3, -0.25) is 4.68 Å². The number of nitrogens with zero attached hydrogens (tertiary/aromatic N) is 3. The summed E-state index contributed by atoms with van der Waals surface area (Å²) in [6.45, 7) is 2.13. The number of hydrogen-bond acceptors (Lipinski definition) is 4. The molecule has 0 aromatic carbocycles. The molecular formula is C16H24N4O. The summed E-state index contributed by atoms with van der Waals surface area (Å²) >= 11 is 0. The Morgan fingerprint density at radius 1 is 1.33 bits per heavy atom. The maximum atomic E-state index is 5.09. The van der Waals surface area contributed by atoms with Crippen LogP contribution in [-0.2, 0) is 26.3 Å². The summed E-state index contributed by atoms with van der Waals surface area (Å²) in [6.07, 6.45) is 4.73. The van der Waals surface area contributed by atoms with E-state index < -0.39 is 0 Å². The van der Waals surface area contributed by atoms with Gasteiger partial charge in [0.1, 0.15) is 0 Å². The first-order chi connectivity index (χ1) is 10.2. The van der Waals surface area contributed by atoms with Crippen LogP contribution in [0.4, 0.5) is 0 Å². The van der Waals surface area contributed by atoms with Crippen LogP contribution in [0.3, 0.4) is 0 Å². The van der Waals surface area contributed by atoms with Gasteiger partial charge in [0.25, 0.3) is 0 Å². The molecule has 21 heavy (non-hydrogen) atoms. The first-order valence-electron chi connectivity index (χ1n) is 7.34. The lowest BCUT2D eigenvalue weighted by molar-refractivity contribution is 0.397. The van der Waals surface area contributed by atoms with Crippen LogP contribution in [0.15, 0.2) is 24.4 Å². The van der Waals surface area contributed by atoms with Crippen LogP contribution in [0.25, 0.3) is 0 Å². The smallest absolute Gasteiger partial charge is 0.212 e. The Morgan fingerprint density at radius 3 is 2.67 bits per heavy atom. The fourth-order valence-electron chi connectivity index (χ4n) is 2.40. The highest BCUT2D eigenvalue weighted by atomic mass is 16.5. The van der Waals surface area contributed by atoms with E-state index in [1.165, 1.54) is 11.3 Å². The SMILES string of the molecule is CCc1cc(CC(Cc2ccc(OC)nc2)NC)n(C)n1. The van der Waals surface area contributed by atoms with E-state index >= 15 is 0 Å². The Morgan fingerprint density at radius 2 is 2.14 bits per heavy atom. The number of rotatable bonds is 7. The number of nitrogens with one attached hydrogen (secondary N) is 1. The number of ether oxygens (including phenoxy) is 1. The molecule has 0 bridgehead atoms. The van der Waals surface area contributed by atoms with E-state index in [9.17, 15) is 0 Å². The van der Waals surface area contributed by atoms with Crippen LogP contribution in [-0.4, -0.2) is 35.0 Å². The largest absolute Gasteiger partial charge is 0.481 e. The molecule has 5 heteroatoms. The van der Waals surface area contributed by atoms with Crippen LogP contribution in [0.5, 0.6) is 5.88 Å². The van der Waals surface area contributed by atoms with Gasteiger partial charge < -0.3 is 10.1 Å². The van der Waals surface area contributed by atoms with E-state index in [-0.39, 0.29) is 0 Å². The van der Waals surface area contributed by atoms with Crippen molar-refractivity contribution in [2.45, 2.75) is 32.2 Å². The molecule has 114 valence electrons. The Balaban J connectivity index is 2.03. The molecule has 1 N–H and O–H groups in total. The minimum Gasteiger partial charge on any atom is -0.481 e. The third-order valence-corrected chi connectivity index (χ3v) is 3.74. The predicted octanol–water partition coefficient (Wildman–Crippen LogP) is 1.76. The highest BCUT2D eigenvalue weighted by Gasteiger charge is 2.12. The summed E-state index contributed by atoms with van der Waals surface area (Å²) in [5.74, 6) is 0.652. The molecule has 5 nitrogen and oxygen atoms in total. The van der Waals surface area contributed by atoms with Crippen molar-refractivity contribution in [1.29, 1.82) is 0 Å². The second kappa shape index (κ2) is 7.22. The maximum absolute atomic E-state index is 5.09. The molecule has 0 radical (unpaired) electrons. The molecule has 1 unspecified atom stereocenters. The molecule has 0 spiro atoms. The van der Waals surface area contributed by atoms with E-state index in [0.29, 0.717) is 11.9 Å². The molecule has 0 fully saturated rings. The summed E-state index contributed by atoms with van der Waals surface area (Å²) < 4.78 is 7.07. The van der Waals surface area contributed by atoms with Crippen molar-refractivity contribution >= 4 is 0 Å². The summed E-state index contributed by atoms with van der Waals surface area (Å²) in [7, 11) is 5.64. The van der Waals surface area contributed by atoms with Gasteiger partial charge >= 0.3 is 0 Å². The Bertz CT molecular complexity index is 562. The molecule has 2 aromatic heterocycles. The lowest BCUT2D eigenvalue weighted by Crippen LogP contribution is -2.30. The van der Waals surface area contributed by atoms with Crippen LogP contribution >= 0.6 is 0 Å². The van der Waals surface area contributed by atoms with Crippen molar-refractivity contribution in [3.63, 3.8) is 0 Å². The Labute approximate surface area is 126 Å². The Hall–Kier alpha value is -1.88. The highest BCUT2D eigenvalue weighted by Crippen LogP contribution is 2.12. The molecular weight excluding hydrogens is 264 g/mol. The van der Waals surface area contributed by atoms with Gasteiger partial charge in [-0.25, -0.2) is 4.98 Å². The van der Waals surface area contributed by atoms with Crippen molar-refractivity contribution in [1.82, 2.24) is 20.1 Å². The van der Waals surface area contributed by atoms with Crippen molar-refractivity contribution in [2.75, 3.05) is 14.2 Å². The summed E-state index contributed by atoms with van der Waals surface area (Å²) in [6, 6.07) is 6.52. The van der Waals surface area contributed by atoms with Gasteiger partial charge in [-0.2, -0.15) is 5.10 Å². The molecule has 0 saturated heterocycles. The van der Waals surface area contributed by atoms with Crippen molar-refractivity contribution in [3.05, 3.63) is 41.3 Å². The summed E-state index contributed by atoms with van der Waals surface area (Å²) in [5.41, 5.74) is 3.61. The zero-order valence-corrected chi connectivity index (χ0v) is 13.3. The molecule has 2 aromatic rings. The summed E-state index contributed by atoms with van der Waals surface area (Å²) in [4.78, 5) is 4.26. The topological polar surface area (TPSA) is 52.0 Å². The molecule has 0 saturated carbocycles. The third kappa shape index (κ3) is 4.04. The molecule has 2 rings (SSSR count). The number of aromatic nitrogens is 3. The van der Waals surface area contributed by atoms with Crippen molar-refractivity contribution in [2.24, 2.45) is 7.05 Å². The van der Waals surface area contributed by atoms with E-state index in [1.807, 2.05) is 31.0 Å². The number of aryl methyl sites for hydroxylation is 2. The van der Waals surface area contributed by atoms with Gasteiger partial charge in [0, 0.05) is 37.5 Å². The average molecular weight is 288 g/mol. The lowest BCUT2D eigenvalue weighted by Gasteiger charge is -2.16. The second-order valence-electron chi connectivity index (χ2n) is 5.21. The zero-order valence-electron chi connectivity index (χ0n) is 13.3. The Kier molecular flexibility index (Phi) is 5.33.